The molecule has 6 N–H and O–H groups in total. The monoisotopic (exact) mass is 1550 g/mol. The molecular weight excluding hydrogens is 1380 g/mol. The van der Waals surface area contributed by atoms with Gasteiger partial charge in [0.1, 0.15) is 12.2 Å². The molecule has 0 radical (unpaired) electrons. The van der Waals surface area contributed by atoms with E-state index in [1.165, 1.54) is 218 Å². The van der Waals surface area contributed by atoms with Crippen LogP contribution >= 0.6 is 15.6 Å². The molecule has 0 aromatic carbocycles. The molecule has 0 spiro atoms. The van der Waals surface area contributed by atoms with Gasteiger partial charge in [-0.25, -0.2) is 13.9 Å². The number of ether oxygens (including phenoxy) is 2. The zero-order valence-corrected chi connectivity index (χ0v) is 71.2. The molecule has 0 aliphatic rings. The highest BCUT2D eigenvalue weighted by Crippen LogP contribution is 2.44. The van der Waals surface area contributed by atoms with Crippen LogP contribution in [0.1, 0.15) is 452 Å². The number of rotatable bonds is 84. The van der Waals surface area contributed by atoms with Gasteiger partial charge in [-0.1, -0.05) is 375 Å². The fourth-order valence-corrected chi connectivity index (χ4v) is 15.2. The van der Waals surface area contributed by atoms with Crippen LogP contribution in [0.2, 0.25) is 0 Å². The topological polar surface area (TPSA) is 263 Å². The molecule has 21 heteroatoms. The number of unbranched alkanes of at least 4 members (excludes halogenated alkanes) is 52. The Morgan fingerprint density at radius 3 is 0.726 bits per heavy atom. The molecule has 0 fully saturated rings. The number of nitrogens with one attached hydrogen (secondary N) is 4. The second kappa shape index (κ2) is 77.7. The average Bonchev–Trinajstić information content (AvgIpc) is 0.883. The van der Waals surface area contributed by atoms with E-state index in [0.29, 0.717) is 38.5 Å². The number of hydrogen-bond donors (Lipinski definition) is 6. The molecule has 0 rings (SSSR count). The lowest BCUT2D eigenvalue weighted by molar-refractivity contribution is -0.153. The number of phosphoric acid groups is 2. The first-order valence-corrected chi connectivity index (χ1v) is 47.8. The molecule has 0 aromatic rings. The van der Waals surface area contributed by atoms with Crippen molar-refractivity contribution in [1.82, 2.24) is 21.3 Å². The maximum absolute atomic E-state index is 13.7. The summed E-state index contributed by atoms with van der Waals surface area (Å²) in [6.45, 7) is 11.1. The molecule has 0 saturated carbocycles. The van der Waals surface area contributed by atoms with Crippen molar-refractivity contribution in [1.29, 1.82) is 0 Å². The molecule has 6 atom stereocenters. The molecule has 0 saturated heterocycles. The van der Waals surface area contributed by atoms with E-state index in [1.54, 1.807) is 0 Å². The minimum atomic E-state index is -4.79. The van der Waals surface area contributed by atoms with Crippen molar-refractivity contribution < 1.29 is 70.5 Å². The van der Waals surface area contributed by atoms with E-state index in [1.807, 2.05) is 0 Å². The first kappa shape index (κ1) is 103. The Bertz CT molecular complexity index is 1960. The number of urea groups is 1. The number of amides is 4. The minimum absolute atomic E-state index is 0.227. The van der Waals surface area contributed by atoms with Crippen molar-refractivity contribution in [2.75, 3.05) is 39.5 Å². The van der Waals surface area contributed by atoms with E-state index in [4.69, 9.17) is 27.6 Å². The molecule has 628 valence electrons. The van der Waals surface area contributed by atoms with Crippen LogP contribution in [0.3, 0.4) is 0 Å². The van der Waals surface area contributed by atoms with Crippen LogP contribution in [0.5, 0.6) is 0 Å². The van der Waals surface area contributed by atoms with E-state index >= 15 is 0 Å². The van der Waals surface area contributed by atoms with E-state index < -0.39 is 72.4 Å². The molecular formula is C85H168N4O15P2. The van der Waals surface area contributed by atoms with Crippen LogP contribution in [0.15, 0.2) is 0 Å². The predicted octanol–water partition coefficient (Wildman–Crippen LogP) is 24.4. The summed E-state index contributed by atoms with van der Waals surface area (Å²) in [5.74, 6) is -1.24. The van der Waals surface area contributed by atoms with Crippen molar-refractivity contribution >= 4 is 45.4 Å². The van der Waals surface area contributed by atoms with Gasteiger partial charge in [-0.2, -0.15) is 0 Å². The smallest absolute Gasteiger partial charge is 0.460 e. The number of carbonyl (C=O) groups is 5. The summed E-state index contributed by atoms with van der Waals surface area (Å²) in [4.78, 5) is 89.5. The van der Waals surface area contributed by atoms with Crippen LogP contribution in [-0.2, 0) is 55.9 Å². The lowest BCUT2D eigenvalue weighted by atomic mass is 10.0. The third-order valence-electron chi connectivity index (χ3n) is 20.4. The average molecular weight is 1550 g/mol. The van der Waals surface area contributed by atoms with Gasteiger partial charge in [-0.15, -0.1) is 0 Å². The van der Waals surface area contributed by atoms with E-state index in [-0.39, 0.29) is 62.5 Å². The van der Waals surface area contributed by atoms with Gasteiger partial charge in [-0.3, -0.25) is 37.3 Å². The van der Waals surface area contributed by atoms with Gasteiger partial charge in [0, 0.05) is 38.8 Å². The van der Waals surface area contributed by atoms with Crippen molar-refractivity contribution in [2.24, 2.45) is 0 Å². The van der Waals surface area contributed by atoms with Crippen molar-refractivity contribution in [3.05, 3.63) is 0 Å². The summed E-state index contributed by atoms with van der Waals surface area (Å²) < 4.78 is 61.1. The Morgan fingerprint density at radius 2 is 0.491 bits per heavy atom. The minimum Gasteiger partial charge on any atom is -0.460 e. The van der Waals surface area contributed by atoms with Crippen LogP contribution in [0, 0.1) is 0 Å². The second-order valence-electron chi connectivity index (χ2n) is 30.7. The van der Waals surface area contributed by atoms with Crippen molar-refractivity contribution in [3.8, 4) is 0 Å². The largest absolute Gasteiger partial charge is 0.472 e. The van der Waals surface area contributed by atoms with Gasteiger partial charge in [0.15, 0.2) is 0 Å². The summed E-state index contributed by atoms with van der Waals surface area (Å²) in [5.41, 5.74) is 0. The third-order valence-corrected chi connectivity index (χ3v) is 22.4. The SMILES string of the molecule is CCCCCCCCCCCCCC(=O)N[C@@H](COP(=O)(O)OCCNC(=O)NCCOP(=O)(O)OC[C@H](NC(=O)CCCCCCCCCCCCC)[C@H](CCCCCCCCCCC)OC(=O)CCCCCCCCCCC)[C@H](CCCCCCCCCCC)OC(=O)CCCCCCCCCCC. The maximum atomic E-state index is 13.7. The Kier molecular flexibility index (Phi) is 75.8. The lowest BCUT2D eigenvalue weighted by Crippen LogP contribution is -2.48. The fraction of sp³-hybridized carbons (Fsp3) is 0.941. The number of carbonyl (C=O) groups excluding carboxylic acids is 5. The normalized spacial score (nSPS) is 13.9. The maximum Gasteiger partial charge on any atom is 0.472 e. The molecule has 0 bridgehead atoms. The molecule has 4 amide bonds. The van der Waals surface area contributed by atoms with Crippen LogP contribution in [-0.4, -0.2) is 103 Å². The molecule has 106 heavy (non-hydrogen) atoms. The summed E-state index contributed by atoms with van der Waals surface area (Å²) in [5, 5.41) is 11.1. The number of esters is 2. The van der Waals surface area contributed by atoms with Gasteiger partial charge in [-0.05, 0) is 51.4 Å². The van der Waals surface area contributed by atoms with Gasteiger partial charge < -0.3 is 40.5 Å². The fourth-order valence-electron chi connectivity index (χ4n) is 13.7. The van der Waals surface area contributed by atoms with Gasteiger partial charge in [0.05, 0.1) is 38.5 Å². The summed E-state index contributed by atoms with van der Waals surface area (Å²) in [6, 6.07) is -2.58. The van der Waals surface area contributed by atoms with Crippen molar-refractivity contribution in [2.45, 2.75) is 477 Å². The van der Waals surface area contributed by atoms with Gasteiger partial charge in [0.25, 0.3) is 0 Å². The van der Waals surface area contributed by atoms with Gasteiger partial charge >= 0.3 is 33.6 Å². The zero-order valence-electron chi connectivity index (χ0n) is 69.4. The third kappa shape index (κ3) is 71.7. The summed E-state index contributed by atoms with van der Waals surface area (Å²) >= 11 is 0. The molecule has 2 unspecified atom stereocenters. The van der Waals surface area contributed by atoms with E-state index in [9.17, 15) is 42.9 Å². The summed E-state index contributed by atoms with van der Waals surface area (Å²) in [6.07, 6.45) is 64.9. The highest BCUT2D eigenvalue weighted by Gasteiger charge is 2.33. The van der Waals surface area contributed by atoms with Crippen LogP contribution in [0.4, 0.5) is 4.79 Å². The Hall–Kier alpha value is -2.63. The highest BCUT2D eigenvalue weighted by atomic mass is 31.2. The number of phosphoric ester groups is 2. The quantitative estimate of drug-likeness (QED) is 0.0188. The molecule has 0 heterocycles. The standard InChI is InChI=1S/C85H168N4O15P2/c1-7-13-19-25-31-37-39-45-49-55-61-67-81(90)88-77(79(65-59-53-47-41-33-27-21-15-9-3)103-83(92)69-63-57-51-43-35-29-23-17-11-5)75-101-105(95,96)99-73-71-86-85(94)87-72-74-100-106(97,98)102-76-78(89-82(91)68-62-56-50-46-40-38-32-26-20-14-8-2)80(66-60-54-48-42-34-28-22-16-10-4)104-84(93)70-64-58-52-44-36-30-24-18-12-6/h77-80H,7-76H2,1-6H3,(H,88,90)(H,89,91)(H,95,96)(H,97,98)(H2,86,87,94)/t77-,78-,79-,80-/m0/s1. The van der Waals surface area contributed by atoms with Crippen LogP contribution in [0.25, 0.3) is 0 Å². The zero-order chi connectivity index (χ0) is 77.8. The molecule has 0 aliphatic heterocycles. The summed E-state index contributed by atoms with van der Waals surface area (Å²) in [7, 11) is -9.58. The second-order valence-corrected chi connectivity index (χ2v) is 33.7. The Balaban J connectivity index is 6.01. The number of hydrogen-bond acceptors (Lipinski definition) is 13. The predicted molar refractivity (Wildman–Crippen MR) is 438 cm³/mol. The van der Waals surface area contributed by atoms with Gasteiger partial charge in [0.2, 0.25) is 11.8 Å². The van der Waals surface area contributed by atoms with Crippen LogP contribution < -0.4 is 21.3 Å². The Morgan fingerprint density at radius 1 is 0.283 bits per heavy atom. The lowest BCUT2D eigenvalue weighted by Gasteiger charge is -2.29. The van der Waals surface area contributed by atoms with E-state index in [0.717, 1.165) is 128 Å². The first-order chi connectivity index (χ1) is 51.6. The van der Waals surface area contributed by atoms with E-state index in [2.05, 4.69) is 62.8 Å². The molecule has 0 aromatic heterocycles. The highest BCUT2D eigenvalue weighted by molar-refractivity contribution is 7.47. The molecule has 0 aliphatic carbocycles. The first-order valence-electron chi connectivity index (χ1n) is 44.8. The van der Waals surface area contributed by atoms with Crippen molar-refractivity contribution in [3.63, 3.8) is 0 Å². The Labute approximate surface area is 650 Å². The molecule has 19 nitrogen and oxygen atoms in total.